The third kappa shape index (κ3) is 3.49. The highest BCUT2D eigenvalue weighted by Crippen LogP contribution is 2.10. The first kappa shape index (κ1) is 11.2. The molecule has 0 aliphatic heterocycles. The second kappa shape index (κ2) is 5.80. The molecule has 0 radical (unpaired) electrons. The summed E-state index contributed by atoms with van der Waals surface area (Å²) in [5.41, 5.74) is 5.56. The number of hydrogen-bond donors (Lipinski definition) is 1. The Hall–Kier alpha value is -0.840. The maximum atomic E-state index is 5.56. The van der Waals surface area contributed by atoms with E-state index in [0.717, 1.165) is 18.7 Å². The molecule has 0 spiro atoms. The normalized spacial score (nSPS) is 10.4. The zero-order valence-electron chi connectivity index (χ0n) is 8.66. The minimum atomic E-state index is 0.329. The third-order valence-corrected chi connectivity index (χ3v) is 2.41. The molecule has 1 rings (SSSR count). The fourth-order valence-electron chi connectivity index (χ4n) is 1.15. The summed E-state index contributed by atoms with van der Waals surface area (Å²) in [7, 11) is 0. The van der Waals surface area contributed by atoms with Crippen molar-refractivity contribution in [1.82, 2.24) is 15.0 Å². The number of thioether (sulfide) groups is 1. The van der Waals surface area contributed by atoms with Gasteiger partial charge in [-0.25, -0.2) is 4.98 Å². The van der Waals surface area contributed by atoms with E-state index in [4.69, 9.17) is 5.73 Å². The molecule has 0 saturated heterocycles. The van der Waals surface area contributed by atoms with Crippen molar-refractivity contribution in [2.75, 3.05) is 12.0 Å². The molecule has 0 saturated carbocycles. The second-order valence-electron chi connectivity index (χ2n) is 3.05. The minimum absolute atomic E-state index is 0.329. The van der Waals surface area contributed by atoms with Crippen molar-refractivity contribution in [3.05, 3.63) is 5.82 Å². The van der Waals surface area contributed by atoms with E-state index in [0.29, 0.717) is 11.1 Å². The molecular weight excluding hydrogens is 196 g/mol. The summed E-state index contributed by atoms with van der Waals surface area (Å²) in [5, 5.41) is 0.712. The summed E-state index contributed by atoms with van der Waals surface area (Å²) in [6.07, 6.45) is 6.36. The molecule has 0 aliphatic carbocycles. The van der Waals surface area contributed by atoms with Crippen LogP contribution in [0.25, 0.3) is 0 Å². The van der Waals surface area contributed by atoms with Crippen LogP contribution in [0.1, 0.15) is 32.0 Å². The van der Waals surface area contributed by atoms with Crippen LogP contribution in [0.5, 0.6) is 0 Å². The summed E-state index contributed by atoms with van der Waals surface area (Å²) in [6, 6.07) is 0. The van der Waals surface area contributed by atoms with E-state index in [2.05, 4.69) is 21.9 Å². The van der Waals surface area contributed by atoms with E-state index in [1.165, 1.54) is 24.6 Å². The summed E-state index contributed by atoms with van der Waals surface area (Å²) in [6.45, 7) is 2.18. The topological polar surface area (TPSA) is 64.7 Å². The standard InChI is InChI=1S/C9H16N4S/c1-3-4-5-6-7-11-8(10)13-9(12-7)14-2/h3-6H2,1-2H3,(H2,10,11,12,13). The highest BCUT2D eigenvalue weighted by Gasteiger charge is 2.02. The monoisotopic (exact) mass is 212 g/mol. The largest absolute Gasteiger partial charge is 0.368 e. The highest BCUT2D eigenvalue weighted by molar-refractivity contribution is 7.98. The number of nitrogen functional groups attached to an aromatic ring is 1. The first-order valence-corrected chi connectivity index (χ1v) is 6.03. The molecule has 5 heteroatoms. The minimum Gasteiger partial charge on any atom is -0.368 e. The van der Waals surface area contributed by atoms with Crippen molar-refractivity contribution in [1.29, 1.82) is 0 Å². The van der Waals surface area contributed by atoms with Gasteiger partial charge in [-0.2, -0.15) is 9.97 Å². The Morgan fingerprint density at radius 2 is 2.00 bits per heavy atom. The Bertz CT molecular complexity index is 290. The second-order valence-corrected chi connectivity index (χ2v) is 3.83. The Labute approximate surface area is 88.7 Å². The van der Waals surface area contributed by atoms with Crippen molar-refractivity contribution >= 4 is 17.7 Å². The molecule has 0 bridgehead atoms. The van der Waals surface area contributed by atoms with Crippen molar-refractivity contribution in [3.8, 4) is 0 Å². The molecule has 0 unspecified atom stereocenters. The lowest BCUT2D eigenvalue weighted by molar-refractivity contribution is 0.680. The fourth-order valence-corrected chi connectivity index (χ4v) is 1.53. The maximum absolute atomic E-state index is 5.56. The number of nitrogens with two attached hydrogens (primary N) is 1. The van der Waals surface area contributed by atoms with Crippen LogP contribution in [-0.4, -0.2) is 21.2 Å². The van der Waals surface area contributed by atoms with Gasteiger partial charge in [-0.15, -0.1) is 0 Å². The van der Waals surface area contributed by atoms with Crippen LogP contribution in [0.4, 0.5) is 5.95 Å². The van der Waals surface area contributed by atoms with Crippen molar-refractivity contribution in [2.45, 2.75) is 37.8 Å². The van der Waals surface area contributed by atoms with Crippen molar-refractivity contribution in [3.63, 3.8) is 0 Å². The highest BCUT2D eigenvalue weighted by atomic mass is 32.2. The van der Waals surface area contributed by atoms with Gasteiger partial charge in [0.2, 0.25) is 5.95 Å². The molecule has 1 aromatic rings. The Morgan fingerprint density at radius 3 is 2.64 bits per heavy atom. The van der Waals surface area contributed by atoms with Crippen molar-refractivity contribution in [2.24, 2.45) is 0 Å². The van der Waals surface area contributed by atoms with E-state index >= 15 is 0 Å². The van der Waals surface area contributed by atoms with Crippen LogP contribution in [-0.2, 0) is 6.42 Å². The number of nitrogens with zero attached hydrogens (tertiary/aromatic N) is 3. The van der Waals surface area contributed by atoms with Gasteiger partial charge < -0.3 is 5.73 Å². The van der Waals surface area contributed by atoms with Gasteiger partial charge in [0, 0.05) is 6.42 Å². The predicted octanol–water partition coefficient (Wildman–Crippen LogP) is 1.91. The molecule has 78 valence electrons. The molecule has 0 amide bonds. The van der Waals surface area contributed by atoms with E-state index in [9.17, 15) is 0 Å². The van der Waals surface area contributed by atoms with Crippen LogP contribution in [0.2, 0.25) is 0 Å². The molecule has 0 aliphatic rings. The molecule has 4 nitrogen and oxygen atoms in total. The molecule has 0 atom stereocenters. The molecule has 1 heterocycles. The van der Waals surface area contributed by atoms with Crippen LogP contribution >= 0.6 is 11.8 Å². The third-order valence-electron chi connectivity index (χ3n) is 1.87. The molecule has 14 heavy (non-hydrogen) atoms. The SMILES string of the molecule is CCCCCc1nc(N)nc(SC)n1. The lowest BCUT2D eigenvalue weighted by Crippen LogP contribution is -2.04. The Kier molecular flexibility index (Phi) is 4.65. The van der Waals surface area contributed by atoms with Gasteiger partial charge in [0.1, 0.15) is 5.82 Å². The maximum Gasteiger partial charge on any atom is 0.224 e. The average molecular weight is 212 g/mol. The van der Waals surface area contributed by atoms with Crippen LogP contribution in [0, 0.1) is 0 Å². The smallest absolute Gasteiger partial charge is 0.224 e. The first-order chi connectivity index (χ1) is 6.76. The van der Waals surface area contributed by atoms with Gasteiger partial charge in [-0.05, 0) is 12.7 Å². The quantitative estimate of drug-likeness (QED) is 0.596. The fraction of sp³-hybridized carbons (Fsp3) is 0.667. The summed E-state index contributed by atoms with van der Waals surface area (Å²) < 4.78 is 0. The van der Waals surface area contributed by atoms with Gasteiger partial charge in [0.15, 0.2) is 5.16 Å². The molecular formula is C9H16N4S. The lowest BCUT2D eigenvalue weighted by Gasteiger charge is -2.02. The van der Waals surface area contributed by atoms with Gasteiger partial charge in [0.05, 0.1) is 0 Å². The van der Waals surface area contributed by atoms with Gasteiger partial charge >= 0.3 is 0 Å². The van der Waals surface area contributed by atoms with E-state index in [1.807, 2.05) is 6.26 Å². The van der Waals surface area contributed by atoms with E-state index in [1.54, 1.807) is 0 Å². The molecule has 1 aromatic heterocycles. The van der Waals surface area contributed by atoms with E-state index in [-0.39, 0.29) is 0 Å². The van der Waals surface area contributed by atoms with Gasteiger partial charge in [-0.1, -0.05) is 31.5 Å². The Balaban J connectivity index is 2.62. The van der Waals surface area contributed by atoms with Crippen LogP contribution in [0.15, 0.2) is 5.16 Å². The van der Waals surface area contributed by atoms with Crippen LogP contribution < -0.4 is 5.73 Å². The summed E-state index contributed by atoms with van der Waals surface area (Å²) in [4.78, 5) is 12.4. The number of aryl methyl sites for hydroxylation is 1. The molecule has 0 aromatic carbocycles. The van der Waals surface area contributed by atoms with Crippen LogP contribution in [0.3, 0.4) is 0 Å². The average Bonchev–Trinajstić information content (AvgIpc) is 2.17. The molecule has 0 fully saturated rings. The number of aromatic nitrogens is 3. The zero-order valence-corrected chi connectivity index (χ0v) is 9.47. The number of hydrogen-bond acceptors (Lipinski definition) is 5. The number of unbranched alkanes of at least 4 members (excludes halogenated alkanes) is 2. The summed E-state index contributed by atoms with van der Waals surface area (Å²) >= 11 is 1.49. The Morgan fingerprint density at radius 1 is 1.21 bits per heavy atom. The first-order valence-electron chi connectivity index (χ1n) is 4.80. The van der Waals surface area contributed by atoms with Gasteiger partial charge in [-0.3, -0.25) is 0 Å². The predicted molar refractivity (Wildman–Crippen MR) is 59.2 cm³/mol. The molecule has 2 N–H and O–H groups in total. The van der Waals surface area contributed by atoms with Gasteiger partial charge in [0.25, 0.3) is 0 Å². The zero-order chi connectivity index (χ0) is 10.4. The van der Waals surface area contributed by atoms with E-state index < -0.39 is 0 Å². The number of rotatable bonds is 5. The van der Waals surface area contributed by atoms with Crippen molar-refractivity contribution < 1.29 is 0 Å². The number of anilines is 1. The lowest BCUT2D eigenvalue weighted by atomic mass is 10.2. The summed E-state index contributed by atoms with van der Waals surface area (Å²) in [5.74, 6) is 1.14.